The Kier molecular flexibility index (Phi) is 2.94. The molecule has 0 amide bonds. The molecule has 2 aromatic rings. The highest BCUT2D eigenvalue weighted by Crippen LogP contribution is 2.35. The molecule has 1 unspecified atom stereocenters. The summed E-state index contributed by atoms with van der Waals surface area (Å²) in [4.78, 5) is 12.6. The fourth-order valence-electron chi connectivity index (χ4n) is 2.92. The van der Waals surface area contributed by atoms with Gasteiger partial charge in [-0.05, 0) is 54.7 Å². The molecule has 1 nitrogen and oxygen atoms in total. The van der Waals surface area contributed by atoms with Crippen molar-refractivity contribution in [2.45, 2.75) is 25.7 Å². The molecule has 0 aliphatic heterocycles. The van der Waals surface area contributed by atoms with Crippen LogP contribution in [0.15, 0.2) is 42.5 Å². The van der Waals surface area contributed by atoms with Gasteiger partial charge in [-0.15, -0.1) is 0 Å². The summed E-state index contributed by atoms with van der Waals surface area (Å²) in [5.41, 5.74) is 3.76. The first kappa shape index (κ1) is 12.1. The second kappa shape index (κ2) is 4.61. The van der Waals surface area contributed by atoms with E-state index < -0.39 is 0 Å². The predicted octanol–water partition coefficient (Wildman–Crippen LogP) is 4.05. The van der Waals surface area contributed by atoms with E-state index in [9.17, 15) is 9.18 Å². The number of fused-ring (bicyclic) bond motifs is 1. The number of rotatable bonds is 2. The summed E-state index contributed by atoms with van der Waals surface area (Å²) in [6, 6.07) is 12.5. The summed E-state index contributed by atoms with van der Waals surface area (Å²) in [5.74, 6) is -0.247. The molecule has 0 N–H and O–H groups in total. The van der Waals surface area contributed by atoms with Crippen molar-refractivity contribution >= 4 is 5.78 Å². The van der Waals surface area contributed by atoms with Crippen LogP contribution in [-0.2, 0) is 6.42 Å². The van der Waals surface area contributed by atoms with Crippen molar-refractivity contribution in [3.63, 3.8) is 0 Å². The first-order chi connectivity index (χ1) is 9.16. The molecule has 3 rings (SSSR count). The number of carbonyl (C=O) groups is 1. The first-order valence-electron chi connectivity index (χ1n) is 6.55. The SMILES string of the molecule is Cc1cc(F)ccc1C(=O)C1CCc2ccccc21. The Morgan fingerprint density at radius 2 is 2.00 bits per heavy atom. The predicted molar refractivity (Wildman–Crippen MR) is 73.0 cm³/mol. The average Bonchev–Trinajstić information content (AvgIpc) is 2.82. The van der Waals surface area contributed by atoms with E-state index in [1.807, 2.05) is 18.2 Å². The van der Waals surface area contributed by atoms with Gasteiger partial charge < -0.3 is 0 Å². The number of halogens is 1. The molecule has 2 aromatic carbocycles. The number of carbonyl (C=O) groups excluding carboxylic acids is 1. The molecule has 1 aliphatic carbocycles. The van der Waals surface area contributed by atoms with Gasteiger partial charge in [-0.2, -0.15) is 0 Å². The largest absolute Gasteiger partial charge is 0.293 e. The van der Waals surface area contributed by atoms with E-state index in [0.29, 0.717) is 5.56 Å². The lowest BCUT2D eigenvalue weighted by atomic mass is 9.90. The van der Waals surface area contributed by atoms with Crippen molar-refractivity contribution in [3.8, 4) is 0 Å². The Morgan fingerprint density at radius 3 is 2.79 bits per heavy atom. The lowest BCUT2D eigenvalue weighted by Gasteiger charge is -2.12. The van der Waals surface area contributed by atoms with Crippen LogP contribution in [-0.4, -0.2) is 5.78 Å². The molecule has 0 saturated heterocycles. The number of hydrogen-bond donors (Lipinski definition) is 0. The third kappa shape index (κ3) is 2.07. The van der Waals surface area contributed by atoms with E-state index in [-0.39, 0.29) is 17.5 Å². The van der Waals surface area contributed by atoms with Crippen molar-refractivity contribution < 1.29 is 9.18 Å². The summed E-state index contributed by atoms with van der Waals surface area (Å²) in [6.45, 7) is 1.79. The lowest BCUT2D eigenvalue weighted by Crippen LogP contribution is -2.11. The van der Waals surface area contributed by atoms with Gasteiger partial charge in [0, 0.05) is 11.5 Å². The van der Waals surface area contributed by atoms with Gasteiger partial charge in [0.05, 0.1) is 0 Å². The van der Waals surface area contributed by atoms with Crippen molar-refractivity contribution in [2.24, 2.45) is 0 Å². The van der Waals surface area contributed by atoms with Gasteiger partial charge in [-0.1, -0.05) is 24.3 Å². The maximum absolute atomic E-state index is 13.1. The topological polar surface area (TPSA) is 17.1 Å². The summed E-state index contributed by atoms with van der Waals surface area (Å²) in [5, 5.41) is 0. The summed E-state index contributed by atoms with van der Waals surface area (Å²) < 4.78 is 13.1. The van der Waals surface area contributed by atoms with Gasteiger partial charge in [-0.3, -0.25) is 4.79 Å². The highest BCUT2D eigenvalue weighted by atomic mass is 19.1. The van der Waals surface area contributed by atoms with Gasteiger partial charge >= 0.3 is 0 Å². The van der Waals surface area contributed by atoms with Crippen molar-refractivity contribution in [2.75, 3.05) is 0 Å². The second-order valence-corrected chi connectivity index (χ2v) is 5.11. The van der Waals surface area contributed by atoms with Crippen LogP contribution in [0, 0.1) is 12.7 Å². The van der Waals surface area contributed by atoms with Gasteiger partial charge in [0.1, 0.15) is 5.82 Å². The first-order valence-corrected chi connectivity index (χ1v) is 6.55. The van der Waals surface area contributed by atoms with Gasteiger partial charge in [0.25, 0.3) is 0 Å². The zero-order valence-electron chi connectivity index (χ0n) is 10.8. The normalized spacial score (nSPS) is 17.3. The smallest absolute Gasteiger partial charge is 0.170 e. The maximum atomic E-state index is 13.1. The van der Waals surface area contributed by atoms with Crippen LogP contribution in [0.2, 0.25) is 0 Å². The Morgan fingerprint density at radius 1 is 1.21 bits per heavy atom. The average molecular weight is 254 g/mol. The molecule has 0 heterocycles. The van der Waals surface area contributed by atoms with Crippen LogP contribution in [0.5, 0.6) is 0 Å². The lowest BCUT2D eigenvalue weighted by molar-refractivity contribution is 0.0959. The second-order valence-electron chi connectivity index (χ2n) is 5.11. The number of aryl methyl sites for hydroxylation is 2. The minimum absolute atomic E-state index is 0.0691. The van der Waals surface area contributed by atoms with Crippen LogP contribution in [0.25, 0.3) is 0 Å². The molecule has 1 atom stereocenters. The van der Waals surface area contributed by atoms with E-state index in [1.165, 1.54) is 17.7 Å². The highest BCUT2D eigenvalue weighted by molar-refractivity contribution is 6.02. The molecule has 0 saturated carbocycles. The minimum atomic E-state index is -0.291. The summed E-state index contributed by atoms with van der Waals surface area (Å²) in [6.07, 6.45) is 1.81. The number of hydrogen-bond acceptors (Lipinski definition) is 1. The zero-order valence-corrected chi connectivity index (χ0v) is 10.8. The van der Waals surface area contributed by atoms with Crippen molar-refractivity contribution in [3.05, 3.63) is 70.5 Å². The molecule has 96 valence electrons. The maximum Gasteiger partial charge on any atom is 0.170 e. The van der Waals surface area contributed by atoms with Crippen LogP contribution in [0.3, 0.4) is 0 Å². The molecule has 0 bridgehead atoms. The highest BCUT2D eigenvalue weighted by Gasteiger charge is 2.29. The Bertz CT molecular complexity index is 645. The van der Waals surface area contributed by atoms with Crippen molar-refractivity contribution in [1.82, 2.24) is 0 Å². The monoisotopic (exact) mass is 254 g/mol. The fourth-order valence-corrected chi connectivity index (χ4v) is 2.92. The Labute approximate surface area is 112 Å². The fraction of sp³-hybridized carbons (Fsp3) is 0.235. The number of ketones is 1. The third-order valence-corrected chi connectivity index (χ3v) is 3.90. The van der Waals surface area contributed by atoms with E-state index in [1.54, 1.807) is 13.0 Å². The number of benzene rings is 2. The van der Waals surface area contributed by atoms with E-state index in [4.69, 9.17) is 0 Å². The zero-order chi connectivity index (χ0) is 13.4. The Balaban J connectivity index is 1.98. The van der Waals surface area contributed by atoms with Crippen LogP contribution in [0.1, 0.15) is 39.4 Å². The number of Topliss-reactive ketones (excluding diaryl/α,β-unsaturated/α-hetero) is 1. The van der Waals surface area contributed by atoms with Crippen LogP contribution in [0.4, 0.5) is 4.39 Å². The van der Waals surface area contributed by atoms with Gasteiger partial charge in [0.2, 0.25) is 0 Å². The van der Waals surface area contributed by atoms with Crippen LogP contribution < -0.4 is 0 Å². The standard InChI is InChI=1S/C17H15FO/c1-11-10-13(18)7-9-14(11)17(19)16-8-6-12-4-2-3-5-15(12)16/h2-5,7,9-10,16H,6,8H2,1H3. The molecule has 0 fully saturated rings. The molecule has 0 aromatic heterocycles. The molecule has 0 spiro atoms. The molecule has 19 heavy (non-hydrogen) atoms. The minimum Gasteiger partial charge on any atom is -0.293 e. The van der Waals surface area contributed by atoms with Crippen molar-refractivity contribution in [1.29, 1.82) is 0 Å². The van der Waals surface area contributed by atoms with Gasteiger partial charge in [0.15, 0.2) is 5.78 Å². The van der Waals surface area contributed by atoms with E-state index in [0.717, 1.165) is 24.0 Å². The Hall–Kier alpha value is -1.96. The molecular weight excluding hydrogens is 239 g/mol. The molecule has 1 aliphatic rings. The van der Waals surface area contributed by atoms with E-state index in [2.05, 4.69) is 6.07 Å². The summed E-state index contributed by atoms with van der Waals surface area (Å²) in [7, 11) is 0. The summed E-state index contributed by atoms with van der Waals surface area (Å²) >= 11 is 0. The molecule has 0 radical (unpaired) electrons. The van der Waals surface area contributed by atoms with E-state index >= 15 is 0 Å². The van der Waals surface area contributed by atoms with Gasteiger partial charge in [-0.25, -0.2) is 4.39 Å². The molecule has 2 heteroatoms. The third-order valence-electron chi connectivity index (χ3n) is 3.90. The van der Waals surface area contributed by atoms with Crippen LogP contribution >= 0.6 is 0 Å². The molecular formula is C17H15FO. The quantitative estimate of drug-likeness (QED) is 0.739.